The van der Waals surface area contributed by atoms with Gasteiger partial charge in [-0.25, -0.2) is 0 Å². The molecule has 1 saturated heterocycles. The molecule has 4 heteroatoms. The van der Waals surface area contributed by atoms with Gasteiger partial charge in [0, 0.05) is 13.2 Å². The van der Waals surface area contributed by atoms with Gasteiger partial charge >= 0.3 is 0 Å². The molecule has 1 N–H and O–H groups in total. The smallest absolute Gasteiger partial charge is 0.118 e. The molecule has 1 atom stereocenters. The van der Waals surface area contributed by atoms with Crippen molar-refractivity contribution in [3.63, 3.8) is 0 Å². The van der Waals surface area contributed by atoms with Crippen LogP contribution in [-0.4, -0.2) is 37.2 Å². The van der Waals surface area contributed by atoms with E-state index in [0.717, 1.165) is 63.7 Å². The van der Waals surface area contributed by atoms with E-state index in [9.17, 15) is 0 Å². The van der Waals surface area contributed by atoms with E-state index in [4.69, 9.17) is 9.15 Å². The van der Waals surface area contributed by atoms with E-state index in [1.807, 2.05) is 0 Å². The van der Waals surface area contributed by atoms with E-state index in [-0.39, 0.29) is 0 Å². The van der Waals surface area contributed by atoms with Gasteiger partial charge in [-0.05, 0) is 50.9 Å². The Labute approximate surface area is 128 Å². The van der Waals surface area contributed by atoms with Crippen molar-refractivity contribution in [2.45, 2.75) is 58.7 Å². The van der Waals surface area contributed by atoms with Gasteiger partial charge in [0.05, 0.1) is 19.2 Å². The minimum atomic E-state index is 0.402. The van der Waals surface area contributed by atoms with Crippen molar-refractivity contribution in [2.24, 2.45) is 0 Å². The molecule has 1 aromatic rings. The van der Waals surface area contributed by atoms with Crippen molar-refractivity contribution in [3.05, 3.63) is 23.7 Å². The Kier molecular flexibility index (Phi) is 7.27. The lowest BCUT2D eigenvalue weighted by Crippen LogP contribution is -2.39. The fourth-order valence-corrected chi connectivity index (χ4v) is 2.79. The van der Waals surface area contributed by atoms with Crippen molar-refractivity contribution >= 4 is 0 Å². The SMILES string of the molecule is CCCNCc1ccc(CN2CCCC(OCCC)C2)o1. The molecule has 1 aliphatic heterocycles. The van der Waals surface area contributed by atoms with Crippen LogP contribution >= 0.6 is 0 Å². The molecule has 120 valence electrons. The Hall–Kier alpha value is -0.840. The van der Waals surface area contributed by atoms with Crippen LogP contribution in [0.25, 0.3) is 0 Å². The summed E-state index contributed by atoms with van der Waals surface area (Å²) in [5, 5.41) is 3.37. The standard InChI is InChI=1S/C17H30N2O2/c1-3-9-18-12-15-7-8-17(21-15)14-19-10-5-6-16(13-19)20-11-4-2/h7-8,16,18H,3-6,9-14H2,1-2H3. The third-order valence-corrected chi connectivity index (χ3v) is 3.84. The summed E-state index contributed by atoms with van der Waals surface area (Å²) in [5.41, 5.74) is 0. The summed E-state index contributed by atoms with van der Waals surface area (Å²) >= 11 is 0. The molecule has 0 amide bonds. The first-order valence-corrected chi connectivity index (χ1v) is 8.44. The van der Waals surface area contributed by atoms with Crippen LogP contribution in [-0.2, 0) is 17.8 Å². The van der Waals surface area contributed by atoms with E-state index in [2.05, 4.69) is 36.2 Å². The van der Waals surface area contributed by atoms with Gasteiger partial charge in [-0.15, -0.1) is 0 Å². The molecule has 1 fully saturated rings. The monoisotopic (exact) mass is 294 g/mol. The molecule has 2 rings (SSSR count). The maximum Gasteiger partial charge on any atom is 0.118 e. The second-order valence-electron chi connectivity index (χ2n) is 5.91. The number of hydrogen-bond acceptors (Lipinski definition) is 4. The van der Waals surface area contributed by atoms with Crippen molar-refractivity contribution in [1.82, 2.24) is 10.2 Å². The number of ether oxygens (including phenoxy) is 1. The summed E-state index contributed by atoms with van der Waals surface area (Å²) in [7, 11) is 0. The van der Waals surface area contributed by atoms with Crippen LogP contribution in [0.4, 0.5) is 0 Å². The van der Waals surface area contributed by atoms with Gasteiger partial charge in [0.25, 0.3) is 0 Å². The van der Waals surface area contributed by atoms with Crippen molar-refractivity contribution in [1.29, 1.82) is 0 Å². The third-order valence-electron chi connectivity index (χ3n) is 3.84. The minimum Gasteiger partial charge on any atom is -0.463 e. The molecule has 4 nitrogen and oxygen atoms in total. The highest BCUT2D eigenvalue weighted by molar-refractivity contribution is 5.07. The zero-order valence-electron chi connectivity index (χ0n) is 13.6. The van der Waals surface area contributed by atoms with Gasteiger partial charge in [0.2, 0.25) is 0 Å². The van der Waals surface area contributed by atoms with Crippen LogP contribution in [0.15, 0.2) is 16.5 Å². The lowest BCUT2D eigenvalue weighted by atomic mass is 10.1. The topological polar surface area (TPSA) is 37.6 Å². The van der Waals surface area contributed by atoms with Crippen LogP contribution in [0.2, 0.25) is 0 Å². The van der Waals surface area contributed by atoms with E-state index >= 15 is 0 Å². The van der Waals surface area contributed by atoms with Crippen molar-refractivity contribution < 1.29 is 9.15 Å². The van der Waals surface area contributed by atoms with Crippen molar-refractivity contribution in [3.8, 4) is 0 Å². The Balaban J connectivity index is 1.75. The molecule has 0 radical (unpaired) electrons. The molecule has 0 spiro atoms. The largest absolute Gasteiger partial charge is 0.463 e. The Bertz CT molecular complexity index is 392. The fraction of sp³-hybridized carbons (Fsp3) is 0.765. The molecule has 1 aromatic heterocycles. The molecule has 21 heavy (non-hydrogen) atoms. The van der Waals surface area contributed by atoms with Crippen LogP contribution in [0, 0.1) is 0 Å². The normalized spacial score (nSPS) is 20.0. The van der Waals surface area contributed by atoms with Crippen molar-refractivity contribution in [2.75, 3.05) is 26.2 Å². The fourth-order valence-electron chi connectivity index (χ4n) is 2.79. The van der Waals surface area contributed by atoms with E-state index < -0.39 is 0 Å². The van der Waals surface area contributed by atoms with Crippen LogP contribution < -0.4 is 5.32 Å². The predicted molar refractivity (Wildman–Crippen MR) is 85.2 cm³/mol. The molecule has 1 aliphatic rings. The summed E-state index contributed by atoms with van der Waals surface area (Å²) in [6.07, 6.45) is 5.07. The maximum absolute atomic E-state index is 5.90. The highest BCUT2D eigenvalue weighted by Crippen LogP contribution is 2.17. The summed E-state index contributed by atoms with van der Waals surface area (Å²) < 4.78 is 11.8. The zero-order chi connectivity index (χ0) is 14.9. The predicted octanol–water partition coefficient (Wildman–Crippen LogP) is 3.17. The average Bonchev–Trinajstić information content (AvgIpc) is 2.93. The van der Waals surface area contributed by atoms with Gasteiger partial charge < -0.3 is 14.5 Å². The van der Waals surface area contributed by atoms with E-state index in [0.29, 0.717) is 6.10 Å². The Morgan fingerprint density at radius 1 is 1.29 bits per heavy atom. The van der Waals surface area contributed by atoms with Gasteiger partial charge in [-0.3, -0.25) is 4.90 Å². The first-order valence-electron chi connectivity index (χ1n) is 8.44. The highest BCUT2D eigenvalue weighted by atomic mass is 16.5. The summed E-state index contributed by atoms with van der Waals surface area (Å²) in [5.74, 6) is 2.11. The lowest BCUT2D eigenvalue weighted by Gasteiger charge is -2.31. The number of nitrogens with zero attached hydrogens (tertiary/aromatic N) is 1. The zero-order valence-corrected chi connectivity index (χ0v) is 13.6. The molecule has 0 saturated carbocycles. The highest BCUT2D eigenvalue weighted by Gasteiger charge is 2.21. The first kappa shape index (κ1) is 16.5. The number of furan rings is 1. The molecular weight excluding hydrogens is 264 g/mol. The second-order valence-corrected chi connectivity index (χ2v) is 5.91. The summed E-state index contributed by atoms with van der Waals surface area (Å²) in [4.78, 5) is 2.45. The minimum absolute atomic E-state index is 0.402. The molecule has 1 unspecified atom stereocenters. The summed E-state index contributed by atoms with van der Waals surface area (Å²) in [6, 6.07) is 4.20. The number of likely N-dealkylation sites (tertiary alicyclic amines) is 1. The number of nitrogens with one attached hydrogen (secondary N) is 1. The average molecular weight is 294 g/mol. The number of piperidine rings is 1. The summed E-state index contributed by atoms with van der Waals surface area (Å²) in [6.45, 7) is 10.2. The Morgan fingerprint density at radius 2 is 2.14 bits per heavy atom. The third kappa shape index (κ3) is 5.81. The van der Waals surface area contributed by atoms with Crippen LogP contribution in [0.1, 0.15) is 51.1 Å². The van der Waals surface area contributed by atoms with Gasteiger partial charge in [-0.2, -0.15) is 0 Å². The molecule has 0 bridgehead atoms. The van der Waals surface area contributed by atoms with Gasteiger partial charge in [0.15, 0.2) is 0 Å². The van der Waals surface area contributed by atoms with Gasteiger partial charge in [0.1, 0.15) is 11.5 Å². The van der Waals surface area contributed by atoms with Crippen LogP contribution in [0.5, 0.6) is 0 Å². The quantitative estimate of drug-likeness (QED) is 0.710. The second kappa shape index (κ2) is 9.23. The molecule has 2 heterocycles. The Morgan fingerprint density at radius 3 is 2.95 bits per heavy atom. The van der Waals surface area contributed by atoms with Crippen LogP contribution in [0.3, 0.4) is 0 Å². The molecule has 0 aromatic carbocycles. The van der Waals surface area contributed by atoms with Gasteiger partial charge in [-0.1, -0.05) is 13.8 Å². The van der Waals surface area contributed by atoms with E-state index in [1.54, 1.807) is 0 Å². The van der Waals surface area contributed by atoms with E-state index in [1.165, 1.54) is 12.8 Å². The maximum atomic E-state index is 5.90. The number of hydrogen-bond donors (Lipinski definition) is 1. The first-order chi connectivity index (χ1) is 10.3. The molecule has 0 aliphatic carbocycles. The lowest BCUT2D eigenvalue weighted by molar-refractivity contribution is -0.00380. The molecular formula is C17H30N2O2. The number of rotatable bonds is 9.